The minimum Gasteiger partial charge on any atom is -0.0654 e. The van der Waals surface area contributed by atoms with Gasteiger partial charge in [0.05, 0.1) is 0 Å². The standard InChI is InChI=1S/C26H53/c1-4-6-8-10-12-13-14-15-16-17-18-19-21-23-25-26(3)24-22-20-11-9-7-5-2/h25-26H,4-24H2,1-3H3. The fraction of sp³-hybridized carbons (Fsp3) is 0.962. The van der Waals surface area contributed by atoms with Gasteiger partial charge >= 0.3 is 0 Å². The van der Waals surface area contributed by atoms with E-state index in [1.165, 1.54) is 135 Å². The van der Waals surface area contributed by atoms with Gasteiger partial charge in [0.1, 0.15) is 0 Å². The largest absolute Gasteiger partial charge is 0.0654 e. The molecule has 1 unspecified atom stereocenters. The minimum atomic E-state index is 0.846. The van der Waals surface area contributed by atoms with E-state index in [0.717, 1.165) is 5.92 Å². The molecule has 0 fully saturated rings. The summed E-state index contributed by atoms with van der Waals surface area (Å²) in [5, 5.41) is 0. The van der Waals surface area contributed by atoms with Crippen molar-refractivity contribution in [2.75, 3.05) is 0 Å². The van der Waals surface area contributed by atoms with Gasteiger partial charge in [0.25, 0.3) is 0 Å². The van der Waals surface area contributed by atoms with Gasteiger partial charge in [0.15, 0.2) is 0 Å². The van der Waals surface area contributed by atoms with E-state index in [1.807, 2.05) is 0 Å². The number of rotatable bonds is 22. The first-order chi connectivity index (χ1) is 12.8. The molecular formula is C26H53. The zero-order valence-electron chi connectivity index (χ0n) is 19.0. The van der Waals surface area contributed by atoms with Gasteiger partial charge in [-0.3, -0.25) is 0 Å². The molecule has 0 aliphatic rings. The van der Waals surface area contributed by atoms with Crippen LogP contribution in [-0.4, -0.2) is 0 Å². The van der Waals surface area contributed by atoms with Crippen molar-refractivity contribution in [1.82, 2.24) is 0 Å². The summed E-state index contributed by atoms with van der Waals surface area (Å²) in [5.74, 6) is 0.846. The van der Waals surface area contributed by atoms with Gasteiger partial charge in [-0.1, -0.05) is 149 Å². The van der Waals surface area contributed by atoms with Gasteiger partial charge in [-0.2, -0.15) is 0 Å². The molecule has 0 aromatic rings. The van der Waals surface area contributed by atoms with Crippen molar-refractivity contribution in [3.63, 3.8) is 0 Å². The first-order valence-corrected chi connectivity index (χ1v) is 12.6. The molecular weight excluding hydrogens is 312 g/mol. The Bertz CT molecular complexity index is 232. The van der Waals surface area contributed by atoms with Crippen LogP contribution in [0.15, 0.2) is 0 Å². The van der Waals surface area contributed by atoms with Crippen LogP contribution < -0.4 is 0 Å². The van der Waals surface area contributed by atoms with Gasteiger partial charge in [-0.25, -0.2) is 0 Å². The summed E-state index contributed by atoms with van der Waals surface area (Å²) in [7, 11) is 0. The van der Waals surface area contributed by atoms with Crippen LogP contribution in [0, 0.1) is 12.3 Å². The SMILES string of the molecule is CCCCCCCCCCCCCCC[CH]C(C)CCCCCCCC. The number of hydrogen-bond acceptors (Lipinski definition) is 0. The van der Waals surface area contributed by atoms with Crippen LogP contribution in [0.1, 0.15) is 156 Å². The van der Waals surface area contributed by atoms with E-state index in [9.17, 15) is 0 Å². The van der Waals surface area contributed by atoms with Crippen LogP contribution in [0.2, 0.25) is 0 Å². The van der Waals surface area contributed by atoms with Crippen LogP contribution in [0.4, 0.5) is 0 Å². The quantitative estimate of drug-likeness (QED) is 0.167. The second kappa shape index (κ2) is 23.0. The molecule has 0 saturated heterocycles. The topological polar surface area (TPSA) is 0 Å². The third-order valence-corrected chi connectivity index (χ3v) is 5.89. The predicted molar refractivity (Wildman–Crippen MR) is 122 cm³/mol. The molecule has 0 spiro atoms. The monoisotopic (exact) mass is 365 g/mol. The molecule has 0 heteroatoms. The van der Waals surface area contributed by atoms with Crippen molar-refractivity contribution in [2.45, 2.75) is 156 Å². The second-order valence-electron chi connectivity index (χ2n) is 8.80. The van der Waals surface area contributed by atoms with E-state index >= 15 is 0 Å². The molecule has 0 heterocycles. The Morgan fingerprint density at radius 1 is 0.462 bits per heavy atom. The first kappa shape index (κ1) is 26.0. The van der Waals surface area contributed by atoms with Gasteiger partial charge in [0, 0.05) is 0 Å². The molecule has 0 saturated carbocycles. The maximum absolute atomic E-state index is 2.60. The molecule has 0 rings (SSSR count). The second-order valence-corrected chi connectivity index (χ2v) is 8.80. The molecule has 1 radical (unpaired) electrons. The molecule has 0 nitrogen and oxygen atoms in total. The highest BCUT2D eigenvalue weighted by atomic mass is 14.1. The van der Waals surface area contributed by atoms with Crippen LogP contribution >= 0.6 is 0 Å². The third kappa shape index (κ3) is 22.0. The van der Waals surface area contributed by atoms with E-state index < -0.39 is 0 Å². The maximum atomic E-state index is 2.60. The predicted octanol–water partition coefficient (Wildman–Crippen LogP) is 10.1. The molecule has 0 aliphatic heterocycles. The lowest BCUT2D eigenvalue weighted by Crippen LogP contribution is -1.96. The molecule has 0 aliphatic carbocycles. The van der Waals surface area contributed by atoms with Crippen molar-refractivity contribution in [3.05, 3.63) is 6.42 Å². The average Bonchev–Trinajstić information content (AvgIpc) is 2.65. The minimum absolute atomic E-state index is 0.846. The Balaban J connectivity index is 3.09. The first-order valence-electron chi connectivity index (χ1n) is 12.6. The summed E-state index contributed by atoms with van der Waals surface area (Å²) in [6.45, 7) is 7.02. The van der Waals surface area contributed by atoms with E-state index in [-0.39, 0.29) is 0 Å². The zero-order chi connectivity index (χ0) is 19.1. The number of hydrogen-bond donors (Lipinski definition) is 0. The average molecular weight is 366 g/mol. The van der Waals surface area contributed by atoms with E-state index in [2.05, 4.69) is 27.2 Å². The summed E-state index contributed by atoms with van der Waals surface area (Å²) in [4.78, 5) is 0. The van der Waals surface area contributed by atoms with Crippen molar-refractivity contribution < 1.29 is 0 Å². The molecule has 0 N–H and O–H groups in total. The smallest absolute Gasteiger partial charge is 0.0358 e. The van der Waals surface area contributed by atoms with Crippen molar-refractivity contribution in [3.8, 4) is 0 Å². The molecule has 0 bridgehead atoms. The summed E-state index contributed by atoms with van der Waals surface area (Å²) in [6, 6.07) is 0. The van der Waals surface area contributed by atoms with Gasteiger partial charge < -0.3 is 0 Å². The Hall–Kier alpha value is 0. The molecule has 1 atom stereocenters. The highest BCUT2D eigenvalue weighted by molar-refractivity contribution is 4.72. The van der Waals surface area contributed by atoms with E-state index in [1.54, 1.807) is 0 Å². The molecule has 26 heavy (non-hydrogen) atoms. The highest BCUT2D eigenvalue weighted by Gasteiger charge is 2.02. The van der Waals surface area contributed by atoms with Gasteiger partial charge in [-0.05, 0) is 18.8 Å². The molecule has 0 amide bonds. The van der Waals surface area contributed by atoms with Crippen LogP contribution in [-0.2, 0) is 0 Å². The van der Waals surface area contributed by atoms with Crippen LogP contribution in [0.25, 0.3) is 0 Å². The Morgan fingerprint density at radius 3 is 1.23 bits per heavy atom. The maximum Gasteiger partial charge on any atom is -0.0358 e. The van der Waals surface area contributed by atoms with Crippen molar-refractivity contribution >= 4 is 0 Å². The lowest BCUT2D eigenvalue weighted by molar-refractivity contribution is 0.502. The molecule has 157 valence electrons. The van der Waals surface area contributed by atoms with Crippen LogP contribution in [0.5, 0.6) is 0 Å². The van der Waals surface area contributed by atoms with Gasteiger partial charge in [0.2, 0.25) is 0 Å². The molecule has 0 aromatic heterocycles. The molecule has 0 aromatic carbocycles. The lowest BCUT2D eigenvalue weighted by Gasteiger charge is -2.10. The Labute approximate surface area is 168 Å². The normalized spacial score (nSPS) is 12.6. The van der Waals surface area contributed by atoms with Crippen molar-refractivity contribution in [1.29, 1.82) is 0 Å². The Morgan fingerprint density at radius 2 is 0.808 bits per heavy atom. The summed E-state index contributed by atoms with van der Waals surface area (Å²) in [6.07, 6.45) is 33.0. The fourth-order valence-corrected chi connectivity index (χ4v) is 3.93. The summed E-state index contributed by atoms with van der Waals surface area (Å²) < 4.78 is 0. The third-order valence-electron chi connectivity index (χ3n) is 5.89. The van der Waals surface area contributed by atoms with E-state index in [0.29, 0.717) is 0 Å². The van der Waals surface area contributed by atoms with E-state index in [4.69, 9.17) is 0 Å². The zero-order valence-corrected chi connectivity index (χ0v) is 19.0. The highest BCUT2D eigenvalue weighted by Crippen LogP contribution is 2.18. The van der Waals surface area contributed by atoms with Gasteiger partial charge in [-0.15, -0.1) is 0 Å². The summed E-state index contributed by atoms with van der Waals surface area (Å²) in [5.41, 5.74) is 0. The van der Waals surface area contributed by atoms with Crippen molar-refractivity contribution in [2.24, 2.45) is 5.92 Å². The lowest BCUT2D eigenvalue weighted by atomic mass is 9.96. The van der Waals surface area contributed by atoms with Crippen LogP contribution in [0.3, 0.4) is 0 Å². The summed E-state index contributed by atoms with van der Waals surface area (Å²) >= 11 is 0. The Kier molecular flexibility index (Phi) is 23.0. The fourth-order valence-electron chi connectivity index (χ4n) is 3.93. The number of unbranched alkanes of at least 4 members (excludes halogenated alkanes) is 18.